The summed E-state index contributed by atoms with van der Waals surface area (Å²) in [6, 6.07) is 0.207. The Labute approximate surface area is 121 Å². The second-order valence-electron chi connectivity index (χ2n) is 4.16. The number of nitrogens with zero attached hydrogens (tertiary/aromatic N) is 2. The number of nitrogens with one attached hydrogen (secondary N) is 1. The van der Waals surface area contributed by atoms with Crippen molar-refractivity contribution in [2.75, 3.05) is 11.5 Å². The summed E-state index contributed by atoms with van der Waals surface area (Å²) < 4.78 is 1.83. The summed E-state index contributed by atoms with van der Waals surface area (Å²) in [5.41, 5.74) is 0. The van der Waals surface area contributed by atoms with Gasteiger partial charge in [0, 0.05) is 6.04 Å². The quantitative estimate of drug-likeness (QED) is 0.785. The van der Waals surface area contributed by atoms with Crippen molar-refractivity contribution in [1.82, 2.24) is 15.5 Å². The summed E-state index contributed by atoms with van der Waals surface area (Å²) in [6.07, 6.45) is 0. The van der Waals surface area contributed by atoms with Crippen LogP contribution >= 0.6 is 34.9 Å². The van der Waals surface area contributed by atoms with Crippen LogP contribution in [0.15, 0.2) is 8.68 Å². The maximum atomic E-state index is 11.7. The smallest absolute Gasteiger partial charge is 0.230 e. The van der Waals surface area contributed by atoms with E-state index in [1.54, 1.807) is 23.1 Å². The average Bonchev–Trinajstić information content (AvgIpc) is 2.74. The van der Waals surface area contributed by atoms with Crippen molar-refractivity contribution in [1.29, 1.82) is 0 Å². The molecule has 1 amide bonds. The predicted molar refractivity (Wildman–Crippen MR) is 79.5 cm³/mol. The minimum Gasteiger partial charge on any atom is -0.353 e. The van der Waals surface area contributed by atoms with Crippen LogP contribution in [0.4, 0.5) is 0 Å². The molecule has 0 saturated heterocycles. The fraction of sp³-hybridized carbons (Fsp3) is 0.727. The summed E-state index contributed by atoms with van der Waals surface area (Å²) in [6.45, 7) is 8.29. The summed E-state index contributed by atoms with van der Waals surface area (Å²) in [5.74, 6) is 1.91. The molecule has 0 aromatic carbocycles. The SMILES string of the molecule is CCSc1nnc(SCC(=O)N[C@H](C)C(C)C)s1. The van der Waals surface area contributed by atoms with Gasteiger partial charge in [-0.3, -0.25) is 4.79 Å². The van der Waals surface area contributed by atoms with Crippen molar-refractivity contribution in [3.05, 3.63) is 0 Å². The zero-order valence-corrected chi connectivity index (χ0v) is 13.5. The number of aromatic nitrogens is 2. The Morgan fingerprint density at radius 1 is 1.28 bits per heavy atom. The molecule has 0 unspecified atom stereocenters. The molecule has 0 aliphatic heterocycles. The summed E-state index contributed by atoms with van der Waals surface area (Å²) in [5, 5.41) is 11.1. The second-order valence-corrected chi connectivity index (χ2v) is 7.87. The Morgan fingerprint density at radius 2 is 1.89 bits per heavy atom. The lowest BCUT2D eigenvalue weighted by atomic mass is 10.1. The predicted octanol–water partition coefficient (Wildman–Crippen LogP) is 2.90. The van der Waals surface area contributed by atoms with Gasteiger partial charge in [0.15, 0.2) is 8.68 Å². The minimum absolute atomic E-state index is 0.0566. The molecule has 1 atom stereocenters. The summed E-state index contributed by atoms with van der Waals surface area (Å²) in [7, 11) is 0. The van der Waals surface area contributed by atoms with E-state index in [-0.39, 0.29) is 11.9 Å². The van der Waals surface area contributed by atoms with Gasteiger partial charge in [-0.15, -0.1) is 10.2 Å². The average molecular weight is 305 g/mol. The van der Waals surface area contributed by atoms with Gasteiger partial charge in [0.25, 0.3) is 0 Å². The second kappa shape index (κ2) is 8.01. The summed E-state index contributed by atoms with van der Waals surface area (Å²) >= 11 is 4.67. The molecule has 0 spiro atoms. The third-order valence-electron chi connectivity index (χ3n) is 2.37. The lowest BCUT2D eigenvalue weighted by Crippen LogP contribution is -2.37. The van der Waals surface area contributed by atoms with E-state index in [1.165, 1.54) is 11.8 Å². The van der Waals surface area contributed by atoms with Gasteiger partial charge < -0.3 is 5.32 Å². The first-order valence-electron chi connectivity index (χ1n) is 5.91. The van der Waals surface area contributed by atoms with E-state index >= 15 is 0 Å². The van der Waals surface area contributed by atoms with Crippen LogP contribution in [-0.2, 0) is 4.79 Å². The van der Waals surface area contributed by atoms with Crippen molar-refractivity contribution in [2.24, 2.45) is 5.92 Å². The number of thioether (sulfide) groups is 2. The molecule has 1 aromatic rings. The molecule has 0 radical (unpaired) electrons. The molecule has 7 heteroatoms. The Balaban J connectivity index is 2.33. The first-order valence-corrected chi connectivity index (χ1v) is 8.70. The number of rotatable bonds is 7. The first-order chi connectivity index (χ1) is 8.52. The maximum Gasteiger partial charge on any atom is 0.230 e. The molecule has 4 nitrogen and oxygen atoms in total. The van der Waals surface area contributed by atoms with E-state index in [1.807, 2.05) is 6.92 Å². The van der Waals surface area contributed by atoms with Gasteiger partial charge in [-0.05, 0) is 18.6 Å². The molecule has 1 N–H and O–H groups in total. The third-order valence-corrected chi connectivity index (χ3v) is 5.44. The highest BCUT2D eigenvalue weighted by atomic mass is 32.2. The topological polar surface area (TPSA) is 54.9 Å². The monoisotopic (exact) mass is 305 g/mol. The van der Waals surface area contributed by atoms with E-state index in [4.69, 9.17) is 0 Å². The lowest BCUT2D eigenvalue weighted by molar-refractivity contribution is -0.119. The molecular weight excluding hydrogens is 286 g/mol. The fourth-order valence-corrected chi connectivity index (χ4v) is 3.76. The number of carbonyl (C=O) groups is 1. The summed E-state index contributed by atoms with van der Waals surface area (Å²) in [4.78, 5) is 11.7. The maximum absolute atomic E-state index is 11.7. The van der Waals surface area contributed by atoms with Gasteiger partial charge in [-0.1, -0.05) is 55.6 Å². The molecule has 0 bridgehead atoms. The molecule has 0 saturated carbocycles. The molecule has 1 rings (SSSR count). The first kappa shape index (κ1) is 15.8. The third kappa shape index (κ3) is 5.58. The molecule has 1 aromatic heterocycles. The molecule has 0 aliphatic rings. The van der Waals surface area contributed by atoms with Crippen LogP contribution in [0, 0.1) is 5.92 Å². The highest BCUT2D eigenvalue weighted by Gasteiger charge is 2.12. The van der Waals surface area contributed by atoms with Gasteiger partial charge in [-0.2, -0.15) is 0 Å². The van der Waals surface area contributed by atoms with Gasteiger partial charge in [0.2, 0.25) is 5.91 Å². The number of amides is 1. The Bertz CT molecular complexity index is 381. The van der Waals surface area contributed by atoms with Crippen LogP contribution in [-0.4, -0.2) is 33.7 Å². The Morgan fingerprint density at radius 3 is 2.44 bits per heavy atom. The van der Waals surface area contributed by atoms with Crippen LogP contribution in [0.25, 0.3) is 0 Å². The van der Waals surface area contributed by atoms with Gasteiger partial charge in [-0.25, -0.2) is 0 Å². The van der Waals surface area contributed by atoms with Gasteiger partial charge in [0.05, 0.1) is 5.75 Å². The van der Waals surface area contributed by atoms with Crippen LogP contribution < -0.4 is 5.32 Å². The molecule has 0 aliphatic carbocycles. The van der Waals surface area contributed by atoms with Crippen LogP contribution in [0.1, 0.15) is 27.7 Å². The largest absolute Gasteiger partial charge is 0.353 e. The van der Waals surface area contributed by atoms with Crippen molar-refractivity contribution >= 4 is 40.8 Å². The van der Waals surface area contributed by atoms with Crippen molar-refractivity contribution in [2.45, 2.75) is 42.4 Å². The highest BCUT2D eigenvalue weighted by Crippen LogP contribution is 2.28. The zero-order valence-electron chi connectivity index (χ0n) is 11.1. The van der Waals surface area contributed by atoms with E-state index in [2.05, 4.69) is 36.3 Å². The van der Waals surface area contributed by atoms with E-state index in [0.29, 0.717) is 11.7 Å². The molecule has 18 heavy (non-hydrogen) atoms. The van der Waals surface area contributed by atoms with Crippen molar-refractivity contribution < 1.29 is 4.79 Å². The van der Waals surface area contributed by atoms with Crippen LogP contribution in [0.5, 0.6) is 0 Å². The van der Waals surface area contributed by atoms with E-state index in [0.717, 1.165) is 14.4 Å². The minimum atomic E-state index is 0.0566. The number of carbonyl (C=O) groups excluding carboxylic acids is 1. The number of hydrogen-bond acceptors (Lipinski definition) is 6. The Kier molecular flexibility index (Phi) is 7.03. The van der Waals surface area contributed by atoms with E-state index in [9.17, 15) is 4.79 Å². The van der Waals surface area contributed by atoms with E-state index < -0.39 is 0 Å². The molecular formula is C11H19N3OS3. The molecule has 1 heterocycles. The normalized spacial score (nSPS) is 12.7. The fourth-order valence-electron chi connectivity index (χ4n) is 1.03. The van der Waals surface area contributed by atoms with Crippen molar-refractivity contribution in [3.63, 3.8) is 0 Å². The van der Waals surface area contributed by atoms with Crippen LogP contribution in [0.2, 0.25) is 0 Å². The van der Waals surface area contributed by atoms with Gasteiger partial charge >= 0.3 is 0 Å². The zero-order chi connectivity index (χ0) is 13.5. The van der Waals surface area contributed by atoms with Crippen molar-refractivity contribution in [3.8, 4) is 0 Å². The standard InChI is InChI=1S/C11H19N3OS3/c1-5-16-10-13-14-11(18-10)17-6-9(15)12-8(4)7(2)3/h7-8H,5-6H2,1-4H3,(H,12,15)/t8-/m1/s1. The lowest BCUT2D eigenvalue weighted by Gasteiger charge is -2.16. The van der Waals surface area contributed by atoms with Gasteiger partial charge in [0.1, 0.15) is 0 Å². The highest BCUT2D eigenvalue weighted by molar-refractivity contribution is 8.03. The molecule has 102 valence electrons. The Hall–Kier alpha value is -0.270. The van der Waals surface area contributed by atoms with Crippen LogP contribution in [0.3, 0.4) is 0 Å². The number of hydrogen-bond donors (Lipinski definition) is 1. The molecule has 0 fully saturated rings.